The number of anilines is 1. The summed E-state index contributed by atoms with van der Waals surface area (Å²) in [5.41, 5.74) is 1.67. The van der Waals surface area contributed by atoms with E-state index in [9.17, 15) is 9.59 Å². The predicted octanol–water partition coefficient (Wildman–Crippen LogP) is 3.41. The van der Waals surface area contributed by atoms with Crippen LogP contribution in [0, 0.1) is 6.92 Å². The molecule has 2 aliphatic heterocycles. The molecule has 0 radical (unpaired) electrons. The van der Waals surface area contributed by atoms with Crippen molar-refractivity contribution in [3.8, 4) is 11.5 Å². The van der Waals surface area contributed by atoms with Crippen molar-refractivity contribution in [2.45, 2.75) is 13.3 Å². The molecule has 0 spiro atoms. The van der Waals surface area contributed by atoms with Crippen LogP contribution in [0.2, 0.25) is 0 Å². The van der Waals surface area contributed by atoms with Gasteiger partial charge in [-0.25, -0.2) is 4.98 Å². The number of hydrogen-bond acceptors (Lipinski definition) is 8. The van der Waals surface area contributed by atoms with Crippen LogP contribution in [-0.4, -0.2) is 39.4 Å². The van der Waals surface area contributed by atoms with E-state index in [4.69, 9.17) is 21.7 Å². The highest BCUT2D eigenvalue weighted by atomic mass is 32.2. The number of nitrogens with one attached hydrogen (secondary N) is 1. The lowest BCUT2D eigenvalue weighted by Crippen LogP contribution is -2.31. The fourth-order valence-corrected chi connectivity index (χ4v) is 4.67. The van der Waals surface area contributed by atoms with Gasteiger partial charge in [-0.05, 0) is 30.7 Å². The number of carbonyl (C=O) groups is 2. The average Bonchev–Trinajstić information content (AvgIpc) is 3.34. The van der Waals surface area contributed by atoms with Crippen molar-refractivity contribution in [2.75, 3.05) is 18.7 Å². The summed E-state index contributed by atoms with van der Waals surface area (Å²) in [6.07, 6.45) is 1.90. The minimum Gasteiger partial charge on any atom is -0.454 e. The van der Waals surface area contributed by atoms with E-state index in [2.05, 4.69) is 10.3 Å². The Morgan fingerprint density at radius 3 is 3.00 bits per heavy atom. The summed E-state index contributed by atoms with van der Waals surface area (Å²) in [5, 5.41) is 5.14. The number of rotatable bonds is 5. The summed E-state index contributed by atoms with van der Waals surface area (Å²) in [6.45, 7) is 2.28. The molecular formula is C18H15N3O4S3. The van der Waals surface area contributed by atoms with Gasteiger partial charge in [-0.2, -0.15) is 0 Å². The molecule has 144 valence electrons. The van der Waals surface area contributed by atoms with Crippen LogP contribution in [0.4, 0.5) is 5.13 Å². The maximum atomic E-state index is 12.7. The third-order valence-electron chi connectivity index (χ3n) is 4.00. The van der Waals surface area contributed by atoms with Crippen LogP contribution in [-0.2, 0) is 9.59 Å². The van der Waals surface area contributed by atoms with Gasteiger partial charge in [-0.15, -0.1) is 11.3 Å². The number of thiocarbonyl (C=S) groups is 1. The van der Waals surface area contributed by atoms with Gasteiger partial charge in [0, 0.05) is 18.3 Å². The van der Waals surface area contributed by atoms with Crippen LogP contribution < -0.4 is 14.8 Å². The van der Waals surface area contributed by atoms with E-state index in [-0.39, 0.29) is 31.6 Å². The van der Waals surface area contributed by atoms with Gasteiger partial charge in [-0.3, -0.25) is 14.5 Å². The zero-order chi connectivity index (χ0) is 19.7. The van der Waals surface area contributed by atoms with Gasteiger partial charge >= 0.3 is 0 Å². The highest BCUT2D eigenvalue weighted by molar-refractivity contribution is 8.26. The van der Waals surface area contributed by atoms with Crippen molar-refractivity contribution in [3.05, 3.63) is 39.7 Å². The maximum absolute atomic E-state index is 12.7. The molecule has 0 saturated carbocycles. The fraction of sp³-hybridized carbons (Fsp3) is 0.222. The molecule has 28 heavy (non-hydrogen) atoms. The lowest BCUT2D eigenvalue weighted by molar-refractivity contribution is -0.122. The van der Waals surface area contributed by atoms with Crippen molar-refractivity contribution >= 4 is 62.7 Å². The third-order valence-corrected chi connectivity index (χ3v) is 6.25. The Morgan fingerprint density at radius 2 is 2.21 bits per heavy atom. The molecule has 1 fully saturated rings. The molecule has 0 unspecified atom stereocenters. The zero-order valence-corrected chi connectivity index (χ0v) is 17.2. The first-order chi connectivity index (χ1) is 13.5. The molecule has 1 aromatic carbocycles. The molecule has 2 aromatic rings. The van der Waals surface area contributed by atoms with Gasteiger partial charge in [-0.1, -0.05) is 30.0 Å². The number of benzene rings is 1. The second-order valence-electron chi connectivity index (χ2n) is 6.04. The number of carbonyl (C=O) groups excluding carboxylic acids is 2. The van der Waals surface area contributed by atoms with Gasteiger partial charge in [0.05, 0.1) is 10.6 Å². The quantitative estimate of drug-likeness (QED) is 0.572. The lowest BCUT2D eigenvalue weighted by Gasteiger charge is -2.13. The van der Waals surface area contributed by atoms with Gasteiger partial charge in [0.25, 0.3) is 5.91 Å². The Morgan fingerprint density at radius 1 is 1.39 bits per heavy atom. The normalized spacial score (nSPS) is 16.9. The summed E-state index contributed by atoms with van der Waals surface area (Å²) in [5.74, 6) is 0.929. The summed E-state index contributed by atoms with van der Waals surface area (Å²) >= 11 is 7.90. The highest BCUT2D eigenvalue weighted by Gasteiger charge is 2.32. The number of fused-ring (bicyclic) bond motifs is 1. The minimum atomic E-state index is -0.205. The Kier molecular flexibility index (Phi) is 5.33. The molecule has 1 N–H and O–H groups in total. The van der Waals surface area contributed by atoms with Crippen molar-refractivity contribution in [1.82, 2.24) is 9.88 Å². The van der Waals surface area contributed by atoms with Gasteiger partial charge in [0.2, 0.25) is 12.7 Å². The summed E-state index contributed by atoms with van der Waals surface area (Å²) in [6, 6.07) is 5.47. The van der Waals surface area contributed by atoms with E-state index in [1.54, 1.807) is 12.1 Å². The van der Waals surface area contributed by atoms with Crippen LogP contribution >= 0.6 is 35.3 Å². The number of aromatic nitrogens is 1. The molecule has 4 rings (SSSR count). The monoisotopic (exact) mass is 433 g/mol. The van der Waals surface area contributed by atoms with Crippen molar-refractivity contribution in [3.63, 3.8) is 0 Å². The van der Waals surface area contributed by atoms with Crippen LogP contribution in [0.1, 0.15) is 17.7 Å². The summed E-state index contributed by atoms with van der Waals surface area (Å²) < 4.78 is 11.1. The molecule has 2 aliphatic rings. The molecule has 2 amide bonds. The first-order valence-electron chi connectivity index (χ1n) is 8.36. The van der Waals surface area contributed by atoms with E-state index >= 15 is 0 Å². The zero-order valence-electron chi connectivity index (χ0n) is 14.8. The van der Waals surface area contributed by atoms with Gasteiger partial charge in [0.1, 0.15) is 4.32 Å². The van der Waals surface area contributed by atoms with E-state index < -0.39 is 0 Å². The largest absolute Gasteiger partial charge is 0.454 e. The van der Waals surface area contributed by atoms with E-state index in [0.717, 1.165) is 11.3 Å². The Hall–Kier alpha value is -2.43. The van der Waals surface area contributed by atoms with Crippen molar-refractivity contribution in [2.24, 2.45) is 0 Å². The number of amides is 2. The van der Waals surface area contributed by atoms with E-state index in [0.29, 0.717) is 25.9 Å². The number of thioether (sulfide) groups is 1. The SMILES string of the molecule is Cc1csc(NC(=O)CCN2C(=O)/C(=C\c3ccc4c(c3)OCO4)SC2=S)n1. The van der Waals surface area contributed by atoms with Gasteiger partial charge in [0.15, 0.2) is 16.6 Å². The molecular weight excluding hydrogens is 418 g/mol. The second-order valence-corrected chi connectivity index (χ2v) is 8.57. The smallest absolute Gasteiger partial charge is 0.266 e. The highest BCUT2D eigenvalue weighted by Crippen LogP contribution is 2.36. The summed E-state index contributed by atoms with van der Waals surface area (Å²) in [4.78, 5) is 30.9. The topological polar surface area (TPSA) is 80.8 Å². The number of aryl methyl sites for hydroxylation is 1. The molecule has 1 aromatic heterocycles. The first kappa shape index (κ1) is 18.9. The molecule has 0 bridgehead atoms. The molecule has 3 heterocycles. The van der Waals surface area contributed by atoms with Crippen LogP contribution in [0.3, 0.4) is 0 Å². The number of nitrogens with zero attached hydrogens (tertiary/aromatic N) is 2. The molecule has 10 heteroatoms. The van der Waals surface area contributed by atoms with Crippen LogP contribution in [0.15, 0.2) is 28.5 Å². The Balaban J connectivity index is 1.39. The van der Waals surface area contributed by atoms with E-state index in [1.165, 1.54) is 28.0 Å². The molecule has 0 aliphatic carbocycles. The van der Waals surface area contributed by atoms with Crippen molar-refractivity contribution < 1.29 is 19.1 Å². The van der Waals surface area contributed by atoms with Crippen LogP contribution in [0.5, 0.6) is 11.5 Å². The predicted molar refractivity (Wildman–Crippen MR) is 113 cm³/mol. The molecule has 7 nitrogen and oxygen atoms in total. The molecule has 0 atom stereocenters. The van der Waals surface area contributed by atoms with Crippen molar-refractivity contribution in [1.29, 1.82) is 0 Å². The second kappa shape index (κ2) is 7.90. The van der Waals surface area contributed by atoms with Gasteiger partial charge < -0.3 is 14.8 Å². The van der Waals surface area contributed by atoms with Crippen LogP contribution in [0.25, 0.3) is 6.08 Å². The lowest BCUT2D eigenvalue weighted by atomic mass is 10.2. The Bertz CT molecular complexity index is 1000. The molecule has 1 saturated heterocycles. The third kappa shape index (κ3) is 4.03. The first-order valence-corrected chi connectivity index (χ1v) is 10.5. The number of thiazole rings is 1. The number of ether oxygens (including phenoxy) is 2. The fourth-order valence-electron chi connectivity index (χ4n) is 2.65. The minimum absolute atomic E-state index is 0.141. The standard InChI is InChI=1S/C18H15N3O4S3/c1-10-8-27-17(19-10)20-15(22)4-5-21-16(23)14(28-18(21)26)7-11-2-3-12-13(6-11)25-9-24-12/h2-3,6-8H,4-5,9H2,1H3,(H,19,20,22)/b14-7+. The maximum Gasteiger partial charge on any atom is 0.266 e. The average molecular weight is 434 g/mol. The summed E-state index contributed by atoms with van der Waals surface area (Å²) in [7, 11) is 0. The number of hydrogen-bond donors (Lipinski definition) is 1. The Labute approximate surface area is 174 Å². The van der Waals surface area contributed by atoms with E-state index in [1.807, 2.05) is 24.4 Å².